The molecule has 7 rings (SSSR count). The molecular weight excluding hydrogens is 1900 g/mol. The fourth-order valence-electron chi connectivity index (χ4n) is 18.2. The zero-order chi connectivity index (χ0) is 109. The number of ketones is 2. The molecule has 12 atom stereocenters. The molecular formula is C104H156N5NaO31S2. The Hall–Kier alpha value is -9.64. The molecule has 0 radical (unpaired) electrons. The van der Waals surface area contributed by atoms with Crippen LogP contribution in [0, 0.1) is 135 Å². The number of carbonyl (C=O) groups is 14. The van der Waals surface area contributed by atoms with Crippen LogP contribution >= 0.6 is 0 Å². The summed E-state index contributed by atoms with van der Waals surface area (Å²) in [6.07, 6.45) is 0.353. The molecule has 39 heteroatoms. The number of benzene rings is 4. The van der Waals surface area contributed by atoms with Crippen LogP contribution < -0.4 is 64.6 Å². The number of aromatic hydroxyl groups is 2. The number of carbonyl (C=O) groups excluding carboxylic acids is 12. The number of nitrogens with one attached hydrogen (secondary N) is 3. The largest absolute Gasteiger partial charge is 1.00 e. The van der Waals surface area contributed by atoms with Crippen molar-refractivity contribution in [2.24, 2.45) is 127 Å². The number of esters is 6. The number of amides is 3. The molecule has 12 unspecified atom stereocenters. The molecule has 0 spiro atoms. The fourth-order valence-corrected chi connectivity index (χ4v) is 20.6. The number of carboxylic acids is 3. The second kappa shape index (κ2) is 55.8. The van der Waals surface area contributed by atoms with Crippen molar-refractivity contribution >= 4 is 103 Å². The fraction of sp³-hybridized carbons (Fsp3) is 0.635. The van der Waals surface area contributed by atoms with E-state index in [0.29, 0.717) is 11.5 Å². The number of rotatable bonds is 48. The van der Waals surface area contributed by atoms with Crippen LogP contribution in [0.2, 0.25) is 0 Å². The van der Waals surface area contributed by atoms with E-state index in [1.807, 2.05) is 27.7 Å². The number of methoxy groups -OCH3 is 2. The van der Waals surface area contributed by atoms with Gasteiger partial charge < -0.3 is 80.0 Å². The summed E-state index contributed by atoms with van der Waals surface area (Å²) in [5.74, 6) is -27.8. The quantitative estimate of drug-likeness (QED) is 0.00375. The van der Waals surface area contributed by atoms with Crippen LogP contribution in [0.5, 0.6) is 23.0 Å². The van der Waals surface area contributed by atoms with E-state index >= 15 is 4.79 Å². The van der Waals surface area contributed by atoms with E-state index in [4.69, 9.17) is 39.6 Å². The number of sulfonamides is 2. The normalized spacial score (nSPS) is 18.1. The predicted molar refractivity (Wildman–Crippen MR) is 526 cm³/mol. The van der Waals surface area contributed by atoms with Gasteiger partial charge in [-0.25, -0.2) is 26.3 Å². The molecule has 0 bridgehead atoms. The van der Waals surface area contributed by atoms with Gasteiger partial charge in [-0.1, -0.05) is 225 Å². The molecule has 0 aliphatic carbocycles. The Morgan fingerprint density at radius 3 is 1.31 bits per heavy atom. The Bertz CT molecular complexity index is 5300. The molecule has 0 aromatic heterocycles. The van der Waals surface area contributed by atoms with Gasteiger partial charge in [-0.2, -0.15) is 0 Å². The molecule has 796 valence electrons. The maximum Gasteiger partial charge on any atom is 1.00 e. The molecule has 36 nitrogen and oxygen atoms in total. The van der Waals surface area contributed by atoms with Crippen molar-refractivity contribution in [3.05, 3.63) is 106 Å². The summed E-state index contributed by atoms with van der Waals surface area (Å²) in [6, 6.07) is 17.2. The summed E-state index contributed by atoms with van der Waals surface area (Å²) >= 11 is 0. The standard InChI is InChI=1S/C70H103N3O21S.C17H19NO6S.C11H18O3.C4H11N.C2H6O.Na/c1-20-66(9,10)53(64(87)93-29-28-72-95(89,90)49-30-43(47(74)31-48(49)91-19)55(75)41-24-22-39(7)23-25-41)45(60(81)82)34-69(15,16)52-42(57(77)73(58(52)78)36-38(5)6)26-27-67(11,12)51(56(76)71-35-37(3)4)44(59(79)80)32-70(17,18)54(63(86)92-21-2)46(61(83)84)33-68(13,14)50-40(8)62(85)94-65(50)88;1-11-3-5-12(6-4-11)17(21)13-9-16(15(24-2)10-14(13)20)25(22,23)18-7-8-19;1-5-11(3,4)6-8-7(2)9(12)14-10(8)13;1-4(2)3-5;1-2-3;/h22-25,30-31,37-38,40,42,44-46,50-54,72,74H,20-21,26-29,32-36H2,1-19H3,(H,71,76)(H,79,80)(H,81,82)(H,83,84);3-6,9-10,18-20H,7-8H2,1-2H3;7-8H,5-6H2,1-4H3;4H,3,5H2,1-2H3;3H,2H2,1H3;/q;;;;;+1/p-1. The minimum absolute atomic E-state index is 0. The van der Waals surface area contributed by atoms with Crippen LogP contribution in [0.3, 0.4) is 0 Å². The van der Waals surface area contributed by atoms with Crippen LogP contribution in [0.1, 0.15) is 261 Å². The average molecular weight is 2060 g/mol. The van der Waals surface area contributed by atoms with Crippen LogP contribution in [-0.4, -0.2) is 209 Å². The van der Waals surface area contributed by atoms with Gasteiger partial charge in [0.2, 0.25) is 37.8 Å². The third-order valence-electron chi connectivity index (χ3n) is 26.7. The minimum atomic E-state index is -4.56. The Morgan fingerprint density at radius 1 is 0.531 bits per heavy atom. The number of carboxylic acid groups (broad SMARTS) is 3. The molecule has 3 saturated heterocycles. The van der Waals surface area contributed by atoms with Crippen molar-refractivity contribution in [2.75, 3.05) is 73.4 Å². The third kappa shape index (κ3) is 35.6. The minimum Gasteiger partial charge on any atom is -0.550 e. The van der Waals surface area contributed by atoms with Crippen LogP contribution in [-0.2, 0) is 96.5 Å². The summed E-state index contributed by atoms with van der Waals surface area (Å²) in [4.78, 5) is 189. The second-order valence-electron chi connectivity index (χ2n) is 42.3. The maximum absolute atomic E-state index is 15.0. The van der Waals surface area contributed by atoms with Gasteiger partial charge in [-0.15, -0.1) is 0 Å². The van der Waals surface area contributed by atoms with Gasteiger partial charge in [-0.3, -0.25) is 67.2 Å². The average Bonchev–Trinajstić information content (AvgIpc) is 1.60. The number of ether oxygens (including phenoxy) is 6. The Morgan fingerprint density at radius 2 is 0.951 bits per heavy atom. The van der Waals surface area contributed by atoms with E-state index in [0.717, 1.165) is 66.8 Å². The monoisotopic (exact) mass is 2060 g/mol. The number of aryl methyl sites for hydroxylation is 2. The topological polar surface area (TPSA) is 572 Å². The summed E-state index contributed by atoms with van der Waals surface area (Å²) in [5, 5.41) is 76.2. The zero-order valence-corrected chi connectivity index (χ0v) is 92.5. The van der Waals surface area contributed by atoms with Gasteiger partial charge >= 0.3 is 77.3 Å². The predicted octanol–water partition coefficient (Wildman–Crippen LogP) is 8.76. The molecule has 3 aliphatic heterocycles. The molecule has 3 fully saturated rings. The van der Waals surface area contributed by atoms with Crippen LogP contribution in [0.15, 0.2) is 82.6 Å². The van der Waals surface area contributed by atoms with Crippen molar-refractivity contribution in [3.8, 4) is 23.0 Å². The van der Waals surface area contributed by atoms with Crippen LogP contribution in [0.4, 0.5) is 0 Å². The van der Waals surface area contributed by atoms with Crippen molar-refractivity contribution in [1.82, 2.24) is 19.7 Å². The molecule has 3 heterocycles. The third-order valence-corrected chi connectivity index (χ3v) is 29.7. The molecule has 3 aliphatic rings. The van der Waals surface area contributed by atoms with E-state index in [1.165, 1.54) is 46.9 Å². The molecule has 143 heavy (non-hydrogen) atoms. The molecule has 0 saturated carbocycles. The molecule has 4 aromatic rings. The van der Waals surface area contributed by atoms with Gasteiger partial charge in [0.25, 0.3) is 0 Å². The first-order chi connectivity index (χ1) is 65.5. The molecule has 11 N–H and O–H groups in total. The number of nitrogens with two attached hydrogens (primary N) is 1. The number of aliphatic hydroxyl groups is 2. The van der Waals surface area contributed by atoms with E-state index in [9.17, 15) is 105 Å². The van der Waals surface area contributed by atoms with Crippen LogP contribution in [0.25, 0.3) is 0 Å². The first kappa shape index (κ1) is 129. The number of phenols is 2. The Balaban J connectivity index is 0.00000116. The van der Waals surface area contributed by atoms with Crippen molar-refractivity contribution in [1.29, 1.82) is 0 Å². The van der Waals surface area contributed by atoms with Gasteiger partial charge in [0.1, 0.15) is 39.4 Å². The smallest absolute Gasteiger partial charge is 0.550 e. The number of nitrogens with zero attached hydrogens (tertiary/aromatic N) is 1. The first-order valence-corrected chi connectivity index (χ1v) is 51.1. The van der Waals surface area contributed by atoms with Gasteiger partial charge in [0, 0.05) is 67.9 Å². The first-order valence-electron chi connectivity index (χ1n) is 48.1. The summed E-state index contributed by atoms with van der Waals surface area (Å²) in [5.41, 5.74) is 0.183. The number of hydrogen-bond donors (Lipinski definition) is 10. The zero-order valence-electron chi connectivity index (χ0n) is 88.8. The van der Waals surface area contributed by atoms with E-state index in [-0.39, 0.29) is 181 Å². The SMILES string of the molecule is CC(C)CN.CCC(C)(C)CC1C(=O)OC(=O)C1C.CCO.CCOC(=O)C(C(CC(C)(C)C1C(=O)OC(=O)C1C)C(=O)O)C(C)(C)CC(C(=O)[O-])C(C(=O)NCC(C)C)C(C)(C)CCC1C(=O)N(CC(C)C)C(=O)C1C(C)(C)CC(C(=O)O)C(C(=O)OCCNS(=O)(=O)c1cc(C(=O)c2ccc(C)cc2)c(O)cc1OC)C(C)(C)CC.COc1cc(O)c(C(=O)c2ccc(C)cc2)cc1S(=O)(=O)NCCO.[Na+]. The Labute approximate surface area is 865 Å². The summed E-state index contributed by atoms with van der Waals surface area (Å²) < 4.78 is 87.9. The number of imide groups is 1. The Kier molecular flexibility index (Phi) is 50.5. The maximum atomic E-state index is 15.0. The molecule has 4 aromatic carbocycles. The second-order valence-corrected chi connectivity index (χ2v) is 45.7. The van der Waals surface area contributed by atoms with E-state index < -0.39 is 208 Å². The number of hydrogen-bond acceptors (Lipinski definition) is 30. The number of likely N-dealkylation sites (tertiary alicyclic amines) is 1. The number of cyclic esters (lactones) is 4. The van der Waals surface area contributed by atoms with Gasteiger partial charge in [0.05, 0.1) is 104 Å². The number of phenolic OH excluding ortho intramolecular Hbond substituents is 2. The van der Waals surface area contributed by atoms with Gasteiger partial charge in [0.15, 0.2) is 11.6 Å². The van der Waals surface area contributed by atoms with Gasteiger partial charge in [-0.05, 0) is 135 Å². The summed E-state index contributed by atoms with van der Waals surface area (Å²) in [7, 11) is -6.18. The number of aliphatic hydroxyl groups excluding tert-OH is 2. The van der Waals surface area contributed by atoms with E-state index in [1.54, 1.807) is 126 Å². The van der Waals surface area contributed by atoms with E-state index in [2.05, 4.69) is 54.1 Å². The summed E-state index contributed by atoms with van der Waals surface area (Å²) in [6.45, 7) is 44.6. The van der Waals surface area contributed by atoms with Crippen molar-refractivity contribution < 1.29 is 178 Å². The molecule has 3 amide bonds. The van der Waals surface area contributed by atoms with Crippen molar-refractivity contribution in [3.63, 3.8) is 0 Å². The number of aliphatic carboxylic acids is 3. The van der Waals surface area contributed by atoms with Crippen molar-refractivity contribution in [2.45, 2.75) is 241 Å².